The highest BCUT2D eigenvalue weighted by atomic mass is 35.5. The Morgan fingerprint density at radius 3 is 1.62 bits per heavy atom. The number of aromatic nitrogens is 2. The van der Waals surface area contributed by atoms with Crippen molar-refractivity contribution >= 4 is 92.8 Å². The predicted molar refractivity (Wildman–Crippen MR) is 145 cm³/mol. The molecule has 0 aliphatic heterocycles. The van der Waals surface area contributed by atoms with E-state index >= 15 is 0 Å². The van der Waals surface area contributed by atoms with Gasteiger partial charge in [0.15, 0.2) is 13.1 Å². The quantitative estimate of drug-likeness (QED) is 0.169. The molecule has 12 nitrogen and oxygen atoms in total. The summed E-state index contributed by atoms with van der Waals surface area (Å²) in [5.74, 6) is -2.34. The minimum Gasteiger partial charge on any atom is -0.324 e. The summed E-state index contributed by atoms with van der Waals surface area (Å²) >= 11 is 24.4. The fourth-order valence-electron chi connectivity index (χ4n) is 3.32. The summed E-state index contributed by atoms with van der Waals surface area (Å²) in [6, 6.07) is 5.01. The number of hydroxylamine groups is 2. The van der Waals surface area contributed by atoms with E-state index in [1.165, 1.54) is 66.0 Å². The first kappa shape index (κ1) is 30.2. The molecular formula is C23H21Cl4N6O6+. The minimum atomic E-state index is -0.768. The molecule has 16 heteroatoms. The van der Waals surface area contributed by atoms with Crippen LogP contribution >= 0.6 is 46.4 Å². The van der Waals surface area contributed by atoms with E-state index in [0.717, 1.165) is 0 Å². The van der Waals surface area contributed by atoms with Crippen LogP contribution in [-0.4, -0.2) is 38.6 Å². The van der Waals surface area contributed by atoms with Gasteiger partial charge in [-0.2, -0.15) is 10.1 Å². The third-order valence-corrected chi connectivity index (χ3v) is 6.19. The molecule has 0 unspecified atom stereocenters. The van der Waals surface area contributed by atoms with E-state index in [9.17, 15) is 29.6 Å². The van der Waals surface area contributed by atoms with Gasteiger partial charge in [-0.05, 0) is 24.3 Å². The molecule has 3 rings (SSSR count). The molecule has 3 aromatic rings. The first-order chi connectivity index (χ1) is 18.3. The van der Waals surface area contributed by atoms with Crippen molar-refractivity contribution in [3.63, 3.8) is 0 Å². The van der Waals surface area contributed by atoms with Crippen LogP contribution in [0.2, 0.25) is 20.1 Å². The number of nitrogens with one attached hydrogen (secondary N) is 2. The molecule has 0 fully saturated rings. The maximum Gasteiger partial charge on any atom is 0.292 e. The van der Waals surface area contributed by atoms with Gasteiger partial charge in [-0.15, -0.1) is 0 Å². The van der Waals surface area contributed by atoms with E-state index < -0.39 is 23.6 Å². The maximum atomic E-state index is 12.6. The number of hydrogen-bond donors (Lipinski definition) is 4. The number of rotatable bonds is 8. The van der Waals surface area contributed by atoms with Crippen molar-refractivity contribution in [3.8, 4) is 0 Å². The normalized spacial score (nSPS) is 10.7. The average molecular weight is 619 g/mol. The van der Waals surface area contributed by atoms with E-state index in [1.54, 1.807) is 0 Å². The Balaban J connectivity index is 1.66. The Labute approximate surface area is 241 Å². The van der Waals surface area contributed by atoms with E-state index in [2.05, 4.69) is 10.6 Å². The standard InChI is InChI=1S/C23H20Cl4N6O6/c1-12(34)28-22-16(24)5-14(6-17(22)25)32(38)20(36)9-30-3-4-31(11-30)10-21(37)33(39)15-7-18(26)23(19(27)8-15)29-13(2)35/h3-8,11,38-39H,9-10H2,1-2H3,(H-,28,29,34,35)/p+1. The van der Waals surface area contributed by atoms with Crippen molar-refractivity contribution in [1.82, 2.24) is 4.57 Å². The fourth-order valence-corrected chi connectivity index (χ4v) is 4.46. The summed E-state index contributed by atoms with van der Waals surface area (Å²) in [5.41, 5.74) is 0.213. The number of carbonyl (C=O) groups is 4. The number of amides is 4. The van der Waals surface area contributed by atoms with Gasteiger partial charge in [0.1, 0.15) is 12.4 Å². The predicted octanol–water partition coefficient (Wildman–Crippen LogP) is 4.15. The molecule has 4 amide bonds. The second-order valence-corrected chi connectivity index (χ2v) is 9.73. The molecule has 0 spiro atoms. The van der Waals surface area contributed by atoms with Gasteiger partial charge < -0.3 is 10.6 Å². The molecule has 0 radical (unpaired) electrons. The van der Waals surface area contributed by atoms with Crippen LogP contribution in [0.4, 0.5) is 22.7 Å². The van der Waals surface area contributed by atoms with Gasteiger partial charge in [0.25, 0.3) is 11.8 Å². The fraction of sp³-hybridized carbons (Fsp3) is 0.174. The maximum absolute atomic E-state index is 12.6. The summed E-state index contributed by atoms with van der Waals surface area (Å²) in [4.78, 5) is 47.8. The van der Waals surface area contributed by atoms with Crippen LogP contribution in [0.25, 0.3) is 0 Å². The summed E-state index contributed by atoms with van der Waals surface area (Å²) in [5, 5.41) is 26.4. The molecule has 4 N–H and O–H groups in total. The van der Waals surface area contributed by atoms with Gasteiger partial charge in [0.05, 0.1) is 42.8 Å². The van der Waals surface area contributed by atoms with Crippen LogP contribution in [-0.2, 0) is 32.3 Å². The zero-order valence-corrected chi connectivity index (χ0v) is 23.3. The second kappa shape index (κ2) is 12.6. The van der Waals surface area contributed by atoms with E-state index in [0.29, 0.717) is 10.1 Å². The monoisotopic (exact) mass is 617 g/mol. The molecule has 0 saturated carbocycles. The first-order valence-electron chi connectivity index (χ1n) is 10.9. The molecular weight excluding hydrogens is 598 g/mol. The van der Waals surface area contributed by atoms with Crippen LogP contribution < -0.4 is 25.3 Å². The van der Waals surface area contributed by atoms with Gasteiger partial charge in [0, 0.05) is 13.8 Å². The minimum absolute atomic E-state index is 0.0118. The molecule has 0 atom stereocenters. The molecule has 1 heterocycles. The number of hydrogen-bond acceptors (Lipinski definition) is 6. The van der Waals surface area contributed by atoms with E-state index in [-0.39, 0.29) is 55.9 Å². The highest BCUT2D eigenvalue weighted by Gasteiger charge is 2.23. The zero-order valence-electron chi connectivity index (χ0n) is 20.3. The lowest BCUT2D eigenvalue weighted by Gasteiger charge is -2.17. The van der Waals surface area contributed by atoms with Crippen molar-refractivity contribution in [2.24, 2.45) is 0 Å². The van der Waals surface area contributed by atoms with Crippen molar-refractivity contribution in [1.29, 1.82) is 0 Å². The van der Waals surface area contributed by atoms with Crippen LogP contribution in [0.5, 0.6) is 0 Å². The van der Waals surface area contributed by atoms with E-state index in [1.807, 2.05) is 0 Å². The summed E-state index contributed by atoms with van der Waals surface area (Å²) < 4.78 is 2.76. The highest BCUT2D eigenvalue weighted by molar-refractivity contribution is 6.41. The average Bonchev–Trinajstić information content (AvgIpc) is 3.28. The molecule has 0 aliphatic rings. The van der Waals surface area contributed by atoms with Crippen LogP contribution in [0.3, 0.4) is 0 Å². The third kappa shape index (κ3) is 7.60. The summed E-state index contributed by atoms with van der Waals surface area (Å²) in [6.07, 6.45) is 4.34. The first-order valence-corrected chi connectivity index (χ1v) is 12.4. The van der Waals surface area contributed by atoms with E-state index in [4.69, 9.17) is 46.4 Å². The third-order valence-electron chi connectivity index (χ3n) is 5.00. The largest absolute Gasteiger partial charge is 0.324 e. The van der Waals surface area contributed by atoms with Crippen LogP contribution in [0, 0.1) is 0 Å². The van der Waals surface area contributed by atoms with Gasteiger partial charge in [-0.3, -0.25) is 29.6 Å². The molecule has 0 bridgehead atoms. The van der Waals surface area contributed by atoms with Crippen molar-refractivity contribution in [2.45, 2.75) is 26.9 Å². The van der Waals surface area contributed by atoms with Crippen molar-refractivity contribution in [2.75, 3.05) is 20.8 Å². The Morgan fingerprint density at radius 1 is 0.795 bits per heavy atom. The molecule has 0 aliphatic carbocycles. The summed E-state index contributed by atoms with van der Waals surface area (Å²) in [7, 11) is 0. The molecule has 1 aromatic heterocycles. The summed E-state index contributed by atoms with van der Waals surface area (Å²) in [6.45, 7) is 1.88. The highest BCUT2D eigenvalue weighted by Crippen LogP contribution is 2.36. The number of anilines is 4. The Hall–Kier alpha value is -3.39. The Kier molecular flexibility index (Phi) is 9.78. The molecule has 39 heavy (non-hydrogen) atoms. The van der Waals surface area contributed by atoms with Gasteiger partial charge in [-0.25, -0.2) is 9.13 Å². The Morgan fingerprint density at radius 2 is 1.21 bits per heavy atom. The number of imidazole rings is 1. The topological polar surface area (TPSA) is 148 Å². The number of halogens is 4. The Bertz CT molecular complexity index is 1310. The smallest absolute Gasteiger partial charge is 0.292 e. The van der Waals surface area contributed by atoms with Crippen LogP contribution in [0.15, 0.2) is 43.0 Å². The lowest BCUT2D eigenvalue weighted by Crippen LogP contribution is -2.43. The second-order valence-electron chi connectivity index (χ2n) is 8.10. The SMILES string of the molecule is CC(=O)Nc1c(Cl)cc(N(O)C(=O)Cn2cc[n+](CC(=O)N(O)c3cc(Cl)c(NC(C)=O)c(Cl)c3)c2)cc1Cl. The zero-order chi connectivity index (χ0) is 29.0. The van der Waals surface area contributed by atoms with Gasteiger partial charge in [-0.1, -0.05) is 46.4 Å². The van der Waals surface area contributed by atoms with Crippen LogP contribution in [0.1, 0.15) is 13.8 Å². The molecule has 2 aromatic carbocycles. The molecule has 0 saturated heterocycles. The van der Waals surface area contributed by atoms with Gasteiger partial charge >= 0.3 is 0 Å². The lowest BCUT2D eigenvalue weighted by atomic mass is 10.2. The lowest BCUT2D eigenvalue weighted by molar-refractivity contribution is -0.683. The number of benzene rings is 2. The van der Waals surface area contributed by atoms with Gasteiger partial charge in [0.2, 0.25) is 18.1 Å². The van der Waals surface area contributed by atoms with Crippen molar-refractivity contribution < 1.29 is 34.2 Å². The number of nitrogens with zero attached hydrogens (tertiary/aromatic N) is 4. The number of carbonyl (C=O) groups excluding carboxylic acids is 4. The van der Waals surface area contributed by atoms with Crippen molar-refractivity contribution in [3.05, 3.63) is 63.1 Å². The molecule has 206 valence electrons.